The van der Waals surface area contributed by atoms with E-state index in [9.17, 15) is 4.79 Å². The molecule has 19 heavy (non-hydrogen) atoms. The van der Waals surface area contributed by atoms with Gasteiger partial charge in [0.1, 0.15) is 0 Å². The minimum absolute atomic E-state index is 0.0342. The normalized spacial score (nSPS) is 20.6. The second kappa shape index (κ2) is 6.40. The summed E-state index contributed by atoms with van der Waals surface area (Å²) < 4.78 is 0. The van der Waals surface area contributed by atoms with Crippen LogP contribution in [0.15, 0.2) is 24.3 Å². The summed E-state index contributed by atoms with van der Waals surface area (Å²) >= 11 is 6.03. The number of carbonyl (C=O) groups excluding carboxylic acids is 1. The van der Waals surface area contributed by atoms with Gasteiger partial charge in [-0.3, -0.25) is 4.79 Å². The van der Waals surface area contributed by atoms with Gasteiger partial charge in [0, 0.05) is 24.0 Å². The Hall–Kier alpha value is -1.06. The lowest BCUT2D eigenvalue weighted by Crippen LogP contribution is -2.35. The quantitative estimate of drug-likeness (QED) is 0.921. The molecule has 1 heterocycles. The summed E-state index contributed by atoms with van der Waals surface area (Å²) in [6.45, 7) is 2.84. The minimum atomic E-state index is -0.0342. The van der Waals surface area contributed by atoms with Gasteiger partial charge < -0.3 is 10.6 Å². The zero-order valence-corrected chi connectivity index (χ0v) is 12.1. The molecule has 2 unspecified atom stereocenters. The van der Waals surface area contributed by atoms with E-state index in [4.69, 9.17) is 17.3 Å². The Morgan fingerprint density at radius 2 is 2.37 bits per heavy atom. The number of benzene rings is 1. The lowest BCUT2D eigenvalue weighted by atomic mass is 10.0. The lowest BCUT2D eigenvalue weighted by molar-refractivity contribution is -0.132. The number of rotatable bonds is 4. The van der Waals surface area contributed by atoms with E-state index >= 15 is 0 Å². The van der Waals surface area contributed by atoms with E-state index in [-0.39, 0.29) is 18.0 Å². The number of hydrogen-bond donors (Lipinski definition) is 1. The number of nitrogens with zero attached hydrogens (tertiary/aromatic N) is 1. The first-order chi connectivity index (χ1) is 9.11. The third kappa shape index (κ3) is 3.48. The molecule has 1 saturated heterocycles. The van der Waals surface area contributed by atoms with Crippen LogP contribution in [0.25, 0.3) is 0 Å². The van der Waals surface area contributed by atoms with Gasteiger partial charge in [-0.15, -0.1) is 0 Å². The van der Waals surface area contributed by atoms with Crippen LogP contribution in [0.4, 0.5) is 0 Å². The van der Waals surface area contributed by atoms with Crippen LogP contribution >= 0.6 is 11.6 Å². The van der Waals surface area contributed by atoms with E-state index in [1.54, 1.807) is 0 Å². The molecule has 1 aliphatic rings. The standard InChI is InChI=1S/C15H21ClN2O/c1-2-13(17)10-15(19)18-8-4-7-14(18)11-5-3-6-12(16)9-11/h3,5-6,9,13-14H,2,4,7-8,10,17H2,1H3. The maximum atomic E-state index is 12.3. The van der Waals surface area contributed by atoms with E-state index in [0.29, 0.717) is 6.42 Å². The Morgan fingerprint density at radius 3 is 3.05 bits per heavy atom. The highest BCUT2D eigenvalue weighted by molar-refractivity contribution is 6.30. The van der Waals surface area contributed by atoms with Crippen molar-refractivity contribution >= 4 is 17.5 Å². The molecule has 1 aliphatic heterocycles. The molecule has 3 nitrogen and oxygen atoms in total. The van der Waals surface area contributed by atoms with Gasteiger partial charge in [-0.25, -0.2) is 0 Å². The highest BCUT2D eigenvalue weighted by Gasteiger charge is 2.30. The summed E-state index contributed by atoms with van der Waals surface area (Å²) in [5, 5.41) is 0.724. The third-order valence-corrected chi connectivity index (χ3v) is 4.00. The minimum Gasteiger partial charge on any atom is -0.336 e. The van der Waals surface area contributed by atoms with Crippen molar-refractivity contribution in [1.82, 2.24) is 4.90 Å². The Bertz CT molecular complexity index is 450. The summed E-state index contributed by atoms with van der Waals surface area (Å²) in [7, 11) is 0. The average molecular weight is 281 g/mol. The van der Waals surface area contributed by atoms with Gasteiger partial charge in [0.2, 0.25) is 5.91 Å². The lowest BCUT2D eigenvalue weighted by Gasteiger charge is -2.26. The SMILES string of the molecule is CCC(N)CC(=O)N1CCCC1c1cccc(Cl)c1. The number of likely N-dealkylation sites (tertiary alicyclic amines) is 1. The summed E-state index contributed by atoms with van der Waals surface area (Å²) in [5.74, 6) is 0.164. The first-order valence-corrected chi connectivity index (χ1v) is 7.30. The van der Waals surface area contributed by atoms with Crippen LogP contribution < -0.4 is 5.73 Å². The molecular weight excluding hydrogens is 260 g/mol. The molecule has 0 saturated carbocycles. The maximum Gasteiger partial charge on any atom is 0.224 e. The van der Waals surface area contributed by atoms with Gasteiger partial charge in [0.05, 0.1) is 6.04 Å². The monoisotopic (exact) mass is 280 g/mol. The van der Waals surface area contributed by atoms with Crippen molar-refractivity contribution in [2.75, 3.05) is 6.54 Å². The van der Waals surface area contributed by atoms with Crippen molar-refractivity contribution < 1.29 is 4.79 Å². The van der Waals surface area contributed by atoms with Crippen molar-refractivity contribution in [3.63, 3.8) is 0 Å². The topological polar surface area (TPSA) is 46.3 Å². The first-order valence-electron chi connectivity index (χ1n) is 6.92. The Morgan fingerprint density at radius 1 is 1.58 bits per heavy atom. The molecular formula is C15H21ClN2O. The summed E-state index contributed by atoms with van der Waals surface area (Å²) in [5.41, 5.74) is 7.01. The zero-order chi connectivity index (χ0) is 13.8. The van der Waals surface area contributed by atoms with Gasteiger partial charge in [0.15, 0.2) is 0 Å². The molecule has 1 amide bonds. The zero-order valence-electron chi connectivity index (χ0n) is 11.3. The summed E-state index contributed by atoms with van der Waals surface area (Å²) in [6, 6.07) is 7.93. The predicted molar refractivity (Wildman–Crippen MR) is 78.0 cm³/mol. The molecule has 4 heteroatoms. The highest BCUT2D eigenvalue weighted by atomic mass is 35.5. The fourth-order valence-electron chi connectivity index (χ4n) is 2.61. The van der Waals surface area contributed by atoms with Crippen molar-refractivity contribution in [3.8, 4) is 0 Å². The molecule has 104 valence electrons. The van der Waals surface area contributed by atoms with E-state index in [1.165, 1.54) is 0 Å². The molecule has 0 aromatic heterocycles. The second-order valence-corrected chi connectivity index (χ2v) is 5.61. The predicted octanol–water partition coefficient (Wildman–Crippen LogP) is 3.13. The molecule has 0 radical (unpaired) electrons. The number of nitrogens with two attached hydrogens (primary N) is 1. The average Bonchev–Trinajstić information content (AvgIpc) is 2.87. The maximum absolute atomic E-state index is 12.3. The summed E-state index contributed by atoms with van der Waals surface area (Å²) in [6.07, 6.45) is 3.33. The van der Waals surface area contributed by atoms with Crippen LogP contribution in [-0.2, 0) is 4.79 Å². The molecule has 1 fully saturated rings. The van der Waals surface area contributed by atoms with Crippen molar-refractivity contribution in [1.29, 1.82) is 0 Å². The van der Waals surface area contributed by atoms with Gasteiger partial charge >= 0.3 is 0 Å². The Labute approximate surface area is 119 Å². The van der Waals surface area contributed by atoms with Gasteiger partial charge in [-0.05, 0) is 37.0 Å². The van der Waals surface area contributed by atoms with Crippen LogP contribution in [0.2, 0.25) is 5.02 Å². The molecule has 0 spiro atoms. The van der Waals surface area contributed by atoms with E-state index < -0.39 is 0 Å². The van der Waals surface area contributed by atoms with Crippen LogP contribution in [-0.4, -0.2) is 23.4 Å². The molecule has 0 aliphatic carbocycles. The second-order valence-electron chi connectivity index (χ2n) is 5.17. The highest BCUT2D eigenvalue weighted by Crippen LogP contribution is 2.33. The summed E-state index contributed by atoms with van der Waals surface area (Å²) in [4.78, 5) is 14.3. The van der Waals surface area contributed by atoms with Crippen LogP contribution in [0.3, 0.4) is 0 Å². The van der Waals surface area contributed by atoms with Crippen LogP contribution in [0.5, 0.6) is 0 Å². The van der Waals surface area contributed by atoms with E-state index in [0.717, 1.165) is 36.4 Å². The van der Waals surface area contributed by atoms with Gasteiger partial charge in [0.25, 0.3) is 0 Å². The third-order valence-electron chi connectivity index (χ3n) is 3.77. The number of carbonyl (C=O) groups is 1. The van der Waals surface area contributed by atoms with Crippen molar-refractivity contribution in [2.24, 2.45) is 5.73 Å². The molecule has 2 N–H and O–H groups in total. The molecule has 2 rings (SSSR count). The first kappa shape index (κ1) is 14.4. The number of halogens is 1. The van der Waals surface area contributed by atoms with E-state index in [2.05, 4.69) is 0 Å². The Kier molecular flexibility index (Phi) is 4.83. The molecule has 1 aromatic rings. The van der Waals surface area contributed by atoms with Crippen LogP contribution in [0, 0.1) is 0 Å². The van der Waals surface area contributed by atoms with Crippen molar-refractivity contribution in [3.05, 3.63) is 34.9 Å². The molecule has 0 bridgehead atoms. The van der Waals surface area contributed by atoms with Crippen molar-refractivity contribution in [2.45, 2.75) is 44.7 Å². The number of hydrogen-bond acceptors (Lipinski definition) is 2. The number of amides is 1. The molecule has 2 atom stereocenters. The Balaban J connectivity index is 2.10. The van der Waals surface area contributed by atoms with Gasteiger partial charge in [-0.2, -0.15) is 0 Å². The fourth-order valence-corrected chi connectivity index (χ4v) is 2.81. The largest absolute Gasteiger partial charge is 0.336 e. The van der Waals surface area contributed by atoms with E-state index in [1.807, 2.05) is 36.1 Å². The fraction of sp³-hybridized carbons (Fsp3) is 0.533. The van der Waals surface area contributed by atoms with Gasteiger partial charge in [-0.1, -0.05) is 30.7 Å². The molecule has 1 aromatic carbocycles. The smallest absolute Gasteiger partial charge is 0.224 e. The van der Waals surface area contributed by atoms with Crippen LogP contribution in [0.1, 0.15) is 44.2 Å².